The third-order valence-corrected chi connectivity index (χ3v) is 7.75. The normalized spacial score (nSPS) is 14.7. The second-order valence-electron chi connectivity index (χ2n) is 8.11. The van der Waals surface area contributed by atoms with Crippen molar-refractivity contribution in [1.82, 2.24) is 4.31 Å². The van der Waals surface area contributed by atoms with Gasteiger partial charge in [0.1, 0.15) is 11.3 Å². The zero-order chi connectivity index (χ0) is 27.0. The second-order valence-corrected chi connectivity index (χ2v) is 10.0. The van der Waals surface area contributed by atoms with Crippen LogP contribution in [0.25, 0.3) is 21.9 Å². The average Bonchev–Trinajstić information content (AvgIpc) is 3.29. The minimum atomic E-state index is -3.93. The summed E-state index contributed by atoms with van der Waals surface area (Å²) in [4.78, 5) is 23.3. The van der Waals surface area contributed by atoms with Crippen molar-refractivity contribution in [3.8, 4) is 11.5 Å². The van der Waals surface area contributed by atoms with E-state index in [4.69, 9.17) is 13.9 Å². The highest BCUT2D eigenvalue weighted by Crippen LogP contribution is 2.39. The van der Waals surface area contributed by atoms with Crippen LogP contribution >= 0.6 is 0 Å². The minimum absolute atomic E-state index is 0.00379. The molecule has 1 aliphatic rings. The van der Waals surface area contributed by atoms with E-state index < -0.39 is 27.5 Å². The van der Waals surface area contributed by atoms with Crippen LogP contribution in [-0.2, 0) is 14.8 Å². The van der Waals surface area contributed by atoms with Crippen LogP contribution in [0.2, 0.25) is 0 Å². The SMILES string of the molecule is O=C(Oc1ccc([N+](=O)[O-])cc1)c1ccc(OC(F)F)c2oc3ccc(S(=O)(=O)N4CCOCC4)cc3c12. The molecule has 0 radical (unpaired) electrons. The molecule has 0 saturated carbocycles. The van der Waals surface area contributed by atoms with Gasteiger partial charge in [0.15, 0.2) is 11.3 Å². The Kier molecular flexibility index (Phi) is 6.69. The Balaban J connectivity index is 1.62. The fourth-order valence-corrected chi connectivity index (χ4v) is 5.52. The molecule has 1 aromatic heterocycles. The van der Waals surface area contributed by atoms with Gasteiger partial charge in [-0.2, -0.15) is 13.1 Å². The number of carbonyl (C=O) groups is 1. The van der Waals surface area contributed by atoms with Crippen molar-refractivity contribution in [2.75, 3.05) is 26.3 Å². The maximum atomic E-state index is 13.2. The molecule has 1 aliphatic heterocycles. The molecule has 5 rings (SSSR count). The molecule has 0 atom stereocenters. The molecule has 0 N–H and O–H groups in total. The Bertz CT molecular complexity index is 1650. The van der Waals surface area contributed by atoms with E-state index in [9.17, 15) is 32.1 Å². The third-order valence-electron chi connectivity index (χ3n) is 5.86. The van der Waals surface area contributed by atoms with Gasteiger partial charge < -0.3 is 18.6 Å². The van der Waals surface area contributed by atoms with Crippen molar-refractivity contribution < 1.29 is 45.5 Å². The Morgan fingerprint density at radius 2 is 1.76 bits per heavy atom. The fraction of sp³-hybridized carbons (Fsp3) is 0.208. The molecule has 0 unspecified atom stereocenters. The first-order valence-electron chi connectivity index (χ1n) is 11.1. The molecule has 38 heavy (non-hydrogen) atoms. The molecule has 198 valence electrons. The van der Waals surface area contributed by atoms with Crippen molar-refractivity contribution in [2.45, 2.75) is 11.5 Å². The van der Waals surface area contributed by atoms with Gasteiger partial charge in [0.2, 0.25) is 10.0 Å². The summed E-state index contributed by atoms with van der Waals surface area (Å²) in [5.74, 6) is -1.31. The van der Waals surface area contributed by atoms with E-state index >= 15 is 0 Å². The number of alkyl halides is 2. The summed E-state index contributed by atoms with van der Waals surface area (Å²) in [6.07, 6.45) is 0. The molecule has 14 heteroatoms. The van der Waals surface area contributed by atoms with Crippen molar-refractivity contribution >= 4 is 43.6 Å². The Labute approximate surface area is 213 Å². The van der Waals surface area contributed by atoms with Crippen LogP contribution in [-0.4, -0.2) is 56.5 Å². The third kappa shape index (κ3) is 4.76. The van der Waals surface area contributed by atoms with Crippen LogP contribution in [0.1, 0.15) is 10.4 Å². The molecule has 0 aliphatic carbocycles. The first-order chi connectivity index (χ1) is 18.1. The first kappa shape index (κ1) is 25.5. The molecular formula is C24H18F2N2O9S. The molecule has 0 amide bonds. The number of non-ortho nitro benzene ring substituents is 1. The topological polar surface area (TPSA) is 138 Å². The standard InChI is InChI=1S/C24H18F2N2O9S/c25-24(26)37-20-8-6-17(23(29)35-15-3-1-14(2-4-15)28(30)31)21-18-13-16(5-7-19(18)36-22(20)21)38(32,33)27-9-11-34-12-10-27/h1-8,13,24H,9-12H2. The predicted octanol–water partition coefficient (Wildman–Crippen LogP) is 4.34. The van der Waals surface area contributed by atoms with Crippen molar-refractivity contribution in [2.24, 2.45) is 0 Å². The zero-order valence-electron chi connectivity index (χ0n) is 19.3. The molecule has 1 saturated heterocycles. The number of ether oxygens (including phenoxy) is 3. The first-order valence-corrected chi connectivity index (χ1v) is 12.6. The van der Waals surface area contributed by atoms with Gasteiger partial charge in [-0.1, -0.05) is 0 Å². The summed E-state index contributed by atoms with van der Waals surface area (Å²) in [6.45, 7) is -2.40. The lowest BCUT2D eigenvalue weighted by Gasteiger charge is -2.26. The van der Waals surface area contributed by atoms with E-state index in [1.165, 1.54) is 40.7 Å². The number of nitro benzene ring substituents is 1. The molecule has 11 nitrogen and oxygen atoms in total. The van der Waals surface area contributed by atoms with Gasteiger partial charge >= 0.3 is 12.6 Å². The molecule has 1 fully saturated rings. The highest BCUT2D eigenvalue weighted by atomic mass is 32.2. The van der Waals surface area contributed by atoms with Gasteiger partial charge in [-0.05, 0) is 42.5 Å². The maximum Gasteiger partial charge on any atom is 0.387 e. The lowest BCUT2D eigenvalue weighted by atomic mass is 10.1. The lowest BCUT2D eigenvalue weighted by Crippen LogP contribution is -2.40. The number of hydrogen-bond acceptors (Lipinski definition) is 9. The molecule has 0 bridgehead atoms. The van der Waals surface area contributed by atoms with Gasteiger partial charge in [-0.15, -0.1) is 0 Å². The molecule has 4 aromatic rings. The van der Waals surface area contributed by atoms with E-state index in [-0.39, 0.29) is 75.9 Å². The molecule has 2 heterocycles. The number of rotatable bonds is 7. The van der Waals surface area contributed by atoms with Crippen molar-refractivity contribution in [3.63, 3.8) is 0 Å². The van der Waals surface area contributed by atoms with Gasteiger partial charge in [-0.25, -0.2) is 13.2 Å². The van der Waals surface area contributed by atoms with Crippen LogP contribution in [0, 0.1) is 10.1 Å². The van der Waals surface area contributed by atoms with Gasteiger partial charge in [0.25, 0.3) is 5.69 Å². The monoisotopic (exact) mass is 548 g/mol. The molecular weight excluding hydrogens is 530 g/mol. The van der Waals surface area contributed by atoms with Crippen LogP contribution in [0.15, 0.2) is 63.9 Å². The summed E-state index contributed by atoms with van der Waals surface area (Å²) in [5, 5.41) is 11.0. The number of carbonyl (C=O) groups excluding carboxylic acids is 1. The second kappa shape index (κ2) is 9.96. The summed E-state index contributed by atoms with van der Waals surface area (Å²) in [6, 6.07) is 11.0. The largest absolute Gasteiger partial charge is 0.452 e. The number of halogens is 2. The summed E-state index contributed by atoms with van der Waals surface area (Å²) < 4.78 is 74.6. The summed E-state index contributed by atoms with van der Waals surface area (Å²) in [5.41, 5.74) is -0.426. The lowest BCUT2D eigenvalue weighted by molar-refractivity contribution is -0.384. The van der Waals surface area contributed by atoms with Gasteiger partial charge in [0, 0.05) is 36.0 Å². The van der Waals surface area contributed by atoms with Crippen molar-refractivity contribution in [3.05, 3.63) is 70.3 Å². The van der Waals surface area contributed by atoms with E-state index in [1.54, 1.807) is 0 Å². The van der Waals surface area contributed by atoms with Crippen LogP contribution in [0.4, 0.5) is 14.5 Å². The number of morpholine rings is 1. The Hall–Kier alpha value is -4.14. The van der Waals surface area contributed by atoms with E-state index in [0.29, 0.717) is 0 Å². The van der Waals surface area contributed by atoms with Crippen LogP contribution in [0.5, 0.6) is 11.5 Å². The number of fused-ring (bicyclic) bond motifs is 3. The Morgan fingerprint density at radius 1 is 1.05 bits per heavy atom. The van der Waals surface area contributed by atoms with E-state index in [1.807, 2.05) is 0 Å². The van der Waals surface area contributed by atoms with Crippen LogP contribution in [0.3, 0.4) is 0 Å². The number of sulfonamides is 1. The van der Waals surface area contributed by atoms with Gasteiger partial charge in [0.05, 0.1) is 28.6 Å². The summed E-state index contributed by atoms with van der Waals surface area (Å²) in [7, 11) is -3.93. The smallest absolute Gasteiger partial charge is 0.387 e. The zero-order valence-corrected chi connectivity index (χ0v) is 20.2. The molecule has 0 spiro atoms. The Morgan fingerprint density at radius 3 is 2.42 bits per heavy atom. The highest BCUT2D eigenvalue weighted by molar-refractivity contribution is 7.89. The summed E-state index contributed by atoms with van der Waals surface area (Å²) >= 11 is 0. The number of esters is 1. The van der Waals surface area contributed by atoms with Crippen LogP contribution < -0.4 is 9.47 Å². The number of benzene rings is 3. The number of nitrogens with zero attached hydrogens (tertiary/aromatic N) is 2. The highest BCUT2D eigenvalue weighted by Gasteiger charge is 2.29. The quantitative estimate of drug-likeness (QED) is 0.143. The minimum Gasteiger partial charge on any atom is -0.452 e. The number of hydrogen-bond donors (Lipinski definition) is 0. The fourth-order valence-electron chi connectivity index (χ4n) is 4.09. The number of furan rings is 1. The van der Waals surface area contributed by atoms with E-state index in [2.05, 4.69) is 4.74 Å². The molecule has 3 aromatic carbocycles. The van der Waals surface area contributed by atoms with Gasteiger partial charge in [-0.3, -0.25) is 10.1 Å². The average molecular weight is 548 g/mol. The maximum absolute atomic E-state index is 13.2. The number of nitro groups is 1. The van der Waals surface area contributed by atoms with E-state index in [0.717, 1.165) is 18.2 Å². The predicted molar refractivity (Wildman–Crippen MR) is 128 cm³/mol. The van der Waals surface area contributed by atoms with Crippen molar-refractivity contribution in [1.29, 1.82) is 0 Å².